The lowest BCUT2D eigenvalue weighted by molar-refractivity contribution is -0.142. The van der Waals surface area contributed by atoms with Crippen molar-refractivity contribution < 1.29 is 9.53 Å². The van der Waals surface area contributed by atoms with Gasteiger partial charge in [-0.05, 0) is 25.7 Å². The SMILES string of the molecule is CCC1CCCC1N[C@@H](C)C(=O)OC. The normalized spacial score (nSPS) is 28.8. The average Bonchev–Trinajstić information content (AvgIpc) is 2.63. The van der Waals surface area contributed by atoms with Gasteiger partial charge in [-0.1, -0.05) is 19.8 Å². The maximum Gasteiger partial charge on any atom is 0.322 e. The minimum Gasteiger partial charge on any atom is -0.468 e. The van der Waals surface area contributed by atoms with Crippen LogP contribution in [-0.4, -0.2) is 25.2 Å². The number of nitrogens with one attached hydrogen (secondary N) is 1. The van der Waals surface area contributed by atoms with Crippen molar-refractivity contribution in [3.05, 3.63) is 0 Å². The second-order valence-electron chi connectivity index (χ2n) is 4.12. The molecule has 1 fully saturated rings. The van der Waals surface area contributed by atoms with E-state index in [0.29, 0.717) is 6.04 Å². The molecule has 1 aliphatic carbocycles. The number of hydrogen-bond donors (Lipinski definition) is 1. The summed E-state index contributed by atoms with van der Waals surface area (Å²) in [5.41, 5.74) is 0. The Morgan fingerprint density at radius 3 is 2.86 bits per heavy atom. The third kappa shape index (κ3) is 2.71. The van der Waals surface area contributed by atoms with Crippen LogP contribution in [0.15, 0.2) is 0 Å². The molecule has 0 amide bonds. The standard InChI is InChI=1S/C11H21NO2/c1-4-9-6-5-7-10(9)12-8(2)11(13)14-3/h8-10,12H,4-7H2,1-3H3/t8-,9?,10?/m0/s1. The van der Waals surface area contributed by atoms with Crippen molar-refractivity contribution in [1.29, 1.82) is 0 Å². The molecule has 82 valence electrons. The first-order valence-corrected chi connectivity index (χ1v) is 5.53. The van der Waals surface area contributed by atoms with E-state index in [9.17, 15) is 4.79 Å². The van der Waals surface area contributed by atoms with E-state index in [1.54, 1.807) is 0 Å². The van der Waals surface area contributed by atoms with Gasteiger partial charge in [0.2, 0.25) is 0 Å². The lowest BCUT2D eigenvalue weighted by atomic mass is 10.00. The highest BCUT2D eigenvalue weighted by molar-refractivity contribution is 5.75. The van der Waals surface area contributed by atoms with Gasteiger partial charge in [0.25, 0.3) is 0 Å². The predicted octanol–water partition coefficient (Wildman–Crippen LogP) is 1.72. The zero-order valence-corrected chi connectivity index (χ0v) is 9.38. The summed E-state index contributed by atoms with van der Waals surface area (Å²) in [6, 6.07) is 0.339. The Balaban J connectivity index is 2.39. The molecule has 0 aromatic heterocycles. The molecule has 0 saturated heterocycles. The maximum absolute atomic E-state index is 11.2. The molecule has 14 heavy (non-hydrogen) atoms. The lowest BCUT2D eigenvalue weighted by Crippen LogP contribution is -2.43. The molecule has 3 heteroatoms. The van der Waals surface area contributed by atoms with Crippen molar-refractivity contribution in [2.45, 2.75) is 51.6 Å². The zero-order chi connectivity index (χ0) is 10.6. The minimum atomic E-state index is -0.169. The molecule has 0 aromatic carbocycles. The van der Waals surface area contributed by atoms with Crippen LogP contribution in [0.2, 0.25) is 0 Å². The number of methoxy groups -OCH3 is 1. The Bertz CT molecular complexity index is 194. The summed E-state index contributed by atoms with van der Waals surface area (Å²) in [5, 5.41) is 3.36. The fourth-order valence-corrected chi connectivity index (χ4v) is 2.31. The van der Waals surface area contributed by atoms with E-state index in [1.165, 1.54) is 32.8 Å². The van der Waals surface area contributed by atoms with Crippen molar-refractivity contribution >= 4 is 5.97 Å². The quantitative estimate of drug-likeness (QED) is 0.701. The van der Waals surface area contributed by atoms with Crippen LogP contribution in [0, 0.1) is 5.92 Å². The highest BCUT2D eigenvalue weighted by Gasteiger charge is 2.28. The van der Waals surface area contributed by atoms with Crippen molar-refractivity contribution in [3.63, 3.8) is 0 Å². The number of carbonyl (C=O) groups is 1. The first-order chi connectivity index (χ1) is 6.69. The second-order valence-corrected chi connectivity index (χ2v) is 4.12. The molecule has 0 spiro atoms. The topological polar surface area (TPSA) is 38.3 Å². The monoisotopic (exact) mass is 199 g/mol. The van der Waals surface area contributed by atoms with Crippen molar-refractivity contribution in [2.24, 2.45) is 5.92 Å². The molecule has 3 atom stereocenters. The van der Waals surface area contributed by atoms with Crippen LogP contribution in [0.4, 0.5) is 0 Å². The fraction of sp³-hybridized carbons (Fsp3) is 0.909. The summed E-state index contributed by atoms with van der Waals surface area (Å²) in [4.78, 5) is 11.2. The van der Waals surface area contributed by atoms with Gasteiger partial charge in [-0.3, -0.25) is 4.79 Å². The molecule has 0 heterocycles. The van der Waals surface area contributed by atoms with Crippen LogP contribution in [0.1, 0.15) is 39.5 Å². The van der Waals surface area contributed by atoms with Gasteiger partial charge in [-0.25, -0.2) is 0 Å². The molecular formula is C11H21NO2. The van der Waals surface area contributed by atoms with E-state index in [-0.39, 0.29) is 12.0 Å². The molecule has 1 rings (SSSR count). The third-order valence-electron chi connectivity index (χ3n) is 3.20. The molecule has 0 aliphatic heterocycles. The molecule has 2 unspecified atom stereocenters. The van der Waals surface area contributed by atoms with Gasteiger partial charge >= 0.3 is 5.97 Å². The number of carbonyl (C=O) groups excluding carboxylic acids is 1. The summed E-state index contributed by atoms with van der Waals surface area (Å²) in [7, 11) is 1.44. The van der Waals surface area contributed by atoms with Gasteiger partial charge < -0.3 is 10.1 Å². The van der Waals surface area contributed by atoms with Crippen molar-refractivity contribution in [3.8, 4) is 0 Å². The van der Waals surface area contributed by atoms with E-state index in [2.05, 4.69) is 17.0 Å². The summed E-state index contributed by atoms with van der Waals surface area (Å²) in [6.07, 6.45) is 4.97. The number of rotatable bonds is 4. The smallest absolute Gasteiger partial charge is 0.322 e. The molecule has 1 aliphatic rings. The van der Waals surface area contributed by atoms with E-state index < -0.39 is 0 Å². The van der Waals surface area contributed by atoms with Gasteiger partial charge in [0.15, 0.2) is 0 Å². The Morgan fingerprint density at radius 2 is 2.29 bits per heavy atom. The van der Waals surface area contributed by atoms with E-state index >= 15 is 0 Å². The molecule has 1 N–H and O–H groups in total. The highest BCUT2D eigenvalue weighted by atomic mass is 16.5. The Hall–Kier alpha value is -0.570. The summed E-state index contributed by atoms with van der Waals surface area (Å²) in [6.45, 7) is 4.09. The fourth-order valence-electron chi connectivity index (χ4n) is 2.31. The van der Waals surface area contributed by atoms with Gasteiger partial charge in [-0.15, -0.1) is 0 Å². The minimum absolute atomic E-state index is 0.160. The average molecular weight is 199 g/mol. The van der Waals surface area contributed by atoms with Gasteiger partial charge in [0.05, 0.1) is 7.11 Å². The molecule has 0 radical (unpaired) electrons. The lowest BCUT2D eigenvalue weighted by Gasteiger charge is -2.22. The van der Waals surface area contributed by atoms with Crippen LogP contribution in [0.3, 0.4) is 0 Å². The maximum atomic E-state index is 11.2. The molecule has 0 bridgehead atoms. The van der Waals surface area contributed by atoms with Crippen molar-refractivity contribution in [1.82, 2.24) is 5.32 Å². The van der Waals surface area contributed by atoms with E-state index in [4.69, 9.17) is 0 Å². The summed E-state index contributed by atoms with van der Waals surface area (Å²) in [5.74, 6) is 0.578. The molecule has 1 saturated carbocycles. The van der Waals surface area contributed by atoms with Crippen LogP contribution >= 0.6 is 0 Å². The summed E-state index contributed by atoms with van der Waals surface area (Å²) < 4.78 is 4.69. The number of esters is 1. The highest BCUT2D eigenvalue weighted by Crippen LogP contribution is 2.28. The van der Waals surface area contributed by atoms with E-state index in [0.717, 1.165) is 5.92 Å². The van der Waals surface area contributed by atoms with Gasteiger partial charge in [-0.2, -0.15) is 0 Å². The Morgan fingerprint density at radius 1 is 1.57 bits per heavy atom. The predicted molar refractivity (Wildman–Crippen MR) is 56.0 cm³/mol. The van der Waals surface area contributed by atoms with Crippen molar-refractivity contribution in [2.75, 3.05) is 7.11 Å². The second kappa shape index (κ2) is 5.35. The molecule has 0 aromatic rings. The Labute approximate surface area is 86.2 Å². The molecular weight excluding hydrogens is 178 g/mol. The number of ether oxygens (including phenoxy) is 1. The van der Waals surface area contributed by atoms with Gasteiger partial charge in [0.1, 0.15) is 6.04 Å². The van der Waals surface area contributed by atoms with Crippen LogP contribution in [0.5, 0.6) is 0 Å². The zero-order valence-electron chi connectivity index (χ0n) is 9.38. The van der Waals surface area contributed by atoms with Crippen LogP contribution < -0.4 is 5.32 Å². The Kier molecular flexibility index (Phi) is 4.39. The first-order valence-electron chi connectivity index (χ1n) is 5.53. The van der Waals surface area contributed by atoms with E-state index in [1.807, 2.05) is 6.92 Å². The van der Waals surface area contributed by atoms with Crippen LogP contribution in [0.25, 0.3) is 0 Å². The summed E-state index contributed by atoms with van der Waals surface area (Å²) >= 11 is 0. The largest absolute Gasteiger partial charge is 0.468 e. The number of hydrogen-bond acceptors (Lipinski definition) is 3. The van der Waals surface area contributed by atoms with Crippen LogP contribution in [-0.2, 0) is 9.53 Å². The third-order valence-corrected chi connectivity index (χ3v) is 3.20. The van der Waals surface area contributed by atoms with Gasteiger partial charge in [0, 0.05) is 6.04 Å². The first kappa shape index (κ1) is 11.5. The molecule has 3 nitrogen and oxygen atoms in total.